The molecule has 2 unspecified atom stereocenters. The minimum absolute atomic E-state index is 0.0910. The molecule has 3 heteroatoms. The average Bonchev–Trinajstić information content (AvgIpc) is 2.41. The molecule has 0 saturated carbocycles. The molecule has 1 fully saturated rings. The summed E-state index contributed by atoms with van der Waals surface area (Å²) in [6.07, 6.45) is 3.52. The van der Waals surface area contributed by atoms with Crippen LogP contribution in [-0.4, -0.2) is 19.3 Å². The van der Waals surface area contributed by atoms with E-state index in [4.69, 9.17) is 15.2 Å². The smallest absolute Gasteiger partial charge is 0.124 e. The third-order valence-corrected chi connectivity index (χ3v) is 3.44. The van der Waals surface area contributed by atoms with E-state index in [-0.39, 0.29) is 12.1 Å². The van der Waals surface area contributed by atoms with E-state index in [0.717, 1.165) is 30.8 Å². The Labute approximate surface area is 109 Å². The maximum absolute atomic E-state index is 6.36. The molecule has 2 atom stereocenters. The molecule has 1 aromatic rings. The summed E-state index contributed by atoms with van der Waals surface area (Å²) in [5.74, 6) is 0.893. The normalized spacial score (nSPS) is 21.6. The van der Waals surface area contributed by atoms with Gasteiger partial charge in [0.2, 0.25) is 0 Å². The summed E-state index contributed by atoms with van der Waals surface area (Å²) in [6.45, 7) is 5.56. The fourth-order valence-electron chi connectivity index (χ4n) is 2.46. The van der Waals surface area contributed by atoms with Gasteiger partial charge in [-0.05, 0) is 39.2 Å². The molecule has 2 N–H and O–H groups in total. The Kier molecular flexibility index (Phi) is 4.61. The SMILES string of the molecule is CCOc1ccc(C)cc1C(N)C1CCCCO1. The third kappa shape index (κ3) is 3.03. The molecule has 3 nitrogen and oxygen atoms in total. The maximum Gasteiger partial charge on any atom is 0.124 e. The van der Waals surface area contributed by atoms with Gasteiger partial charge < -0.3 is 15.2 Å². The van der Waals surface area contributed by atoms with Gasteiger partial charge in [0, 0.05) is 12.2 Å². The third-order valence-electron chi connectivity index (χ3n) is 3.44. The lowest BCUT2D eigenvalue weighted by atomic mass is 9.95. The van der Waals surface area contributed by atoms with Gasteiger partial charge in [-0.2, -0.15) is 0 Å². The van der Waals surface area contributed by atoms with E-state index >= 15 is 0 Å². The van der Waals surface area contributed by atoms with E-state index < -0.39 is 0 Å². The minimum Gasteiger partial charge on any atom is -0.494 e. The molecule has 2 rings (SSSR count). The fraction of sp³-hybridized carbons (Fsp3) is 0.600. The van der Waals surface area contributed by atoms with Crippen LogP contribution in [0.1, 0.15) is 43.4 Å². The maximum atomic E-state index is 6.36. The molecule has 18 heavy (non-hydrogen) atoms. The van der Waals surface area contributed by atoms with E-state index in [2.05, 4.69) is 19.1 Å². The van der Waals surface area contributed by atoms with Crippen molar-refractivity contribution in [2.75, 3.05) is 13.2 Å². The molecule has 100 valence electrons. The van der Waals surface area contributed by atoms with Gasteiger partial charge in [-0.1, -0.05) is 17.7 Å². The van der Waals surface area contributed by atoms with Gasteiger partial charge in [0.05, 0.1) is 18.8 Å². The summed E-state index contributed by atoms with van der Waals surface area (Å²) in [7, 11) is 0. The average molecular weight is 249 g/mol. The van der Waals surface area contributed by atoms with Crippen molar-refractivity contribution in [3.63, 3.8) is 0 Å². The summed E-state index contributed by atoms with van der Waals surface area (Å²) in [4.78, 5) is 0. The van der Waals surface area contributed by atoms with Gasteiger partial charge in [-0.15, -0.1) is 0 Å². The Morgan fingerprint density at radius 2 is 2.28 bits per heavy atom. The minimum atomic E-state index is -0.0910. The van der Waals surface area contributed by atoms with Crippen molar-refractivity contribution in [1.29, 1.82) is 0 Å². The quantitative estimate of drug-likeness (QED) is 0.892. The highest BCUT2D eigenvalue weighted by Crippen LogP contribution is 2.31. The second-order valence-corrected chi connectivity index (χ2v) is 4.91. The number of hydrogen-bond donors (Lipinski definition) is 1. The van der Waals surface area contributed by atoms with Crippen LogP contribution >= 0.6 is 0 Å². The predicted molar refractivity (Wildman–Crippen MR) is 72.9 cm³/mol. The standard InChI is InChI=1S/C15H23NO2/c1-3-17-13-8-7-11(2)10-12(13)15(16)14-6-4-5-9-18-14/h7-8,10,14-15H,3-6,9,16H2,1-2H3. The van der Waals surface area contributed by atoms with Crippen LogP contribution in [-0.2, 0) is 4.74 Å². The van der Waals surface area contributed by atoms with E-state index in [1.165, 1.54) is 12.0 Å². The Hall–Kier alpha value is -1.06. The Morgan fingerprint density at radius 1 is 1.44 bits per heavy atom. The first-order chi connectivity index (χ1) is 8.72. The van der Waals surface area contributed by atoms with Crippen molar-refractivity contribution in [2.45, 2.75) is 45.3 Å². The van der Waals surface area contributed by atoms with Crippen LogP contribution in [0.5, 0.6) is 5.75 Å². The monoisotopic (exact) mass is 249 g/mol. The molecule has 1 aliphatic rings. The number of nitrogens with two attached hydrogens (primary N) is 1. The predicted octanol–water partition coefficient (Wildman–Crippen LogP) is 2.96. The fourth-order valence-corrected chi connectivity index (χ4v) is 2.46. The molecule has 1 heterocycles. The second kappa shape index (κ2) is 6.21. The van der Waals surface area contributed by atoms with Crippen LogP contribution in [0.3, 0.4) is 0 Å². The Bertz CT molecular complexity index is 386. The molecule has 1 aromatic carbocycles. The Balaban J connectivity index is 2.21. The summed E-state index contributed by atoms with van der Waals surface area (Å²) in [5, 5.41) is 0. The highest BCUT2D eigenvalue weighted by Gasteiger charge is 2.25. The largest absolute Gasteiger partial charge is 0.494 e. The van der Waals surface area contributed by atoms with Crippen LogP contribution < -0.4 is 10.5 Å². The molecule has 0 spiro atoms. The van der Waals surface area contributed by atoms with E-state index in [9.17, 15) is 0 Å². The summed E-state index contributed by atoms with van der Waals surface area (Å²) < 4.78 is 11.5. The zero-order valence-electron chi connectivity index (χ0n) is 11.3. The van der Waals surface area contributed by atoms with Gasteiger partial charge in [0.1, 0.15) is 5.75 Å². The van der Waals surface area contributed by atoms with Gasteiger partial charge in [0.25, 0.3) is 0 Å². The summed E-state index contributed by atoms with van der Waals surface area (Å²) >= 11 is 0. The molecule has 0 amide bonds. The van der Waals surface area contributed by atoms with Crippen molar-refractivity contribution >= 4 is 0 Å². The zero-order valence-corrected chi connectivity index (χ0v) is 11.3. The van der Waals surface area contributed by atoms with Crippen LogP contribution in [0.2, 0.25) is 0 Å². The van der Waals surface area contributed by atoms with Crippen molar-refractivity contribution < 1.29 is 9.47 Å². The highest BCUT2D eigenvalue weighted by molar-refractivity contribution is 5.39. The van der Waals surface area contributed by atoms with Gasteiger partial charge in [0.15, 0.2) is 0 Å². The van der Waals surface area contributed by atoms with E-state index in [0.29, 0.717) is 6.61 Å². The van der Waals surface area contributed by atoms with Crippen LogP contribution in [0.4, 0.5) is 0 Å². The lowest BCUT2D eigenvalue weighted by Gasteiger charge is -2.29. The lowest BCUT2D eigenvalue weighted by molar-refractivity contribution is -0.000470. The van der Waals surface area contributed by atoms with Gasteiger partial charge >= 0.3 is 0 Å². The van der Waals surface area contributed by atoms with Crippen LogP contribution in [0, 0.1) is 6.92 Å². The number of ether oxygens (including phenoxy) is 2. The number of aryl methyl sites for hydroxylation is 1. The second-order valence-electron chi connectivity index (χ2n) is 4.91. The molecule has 1 saturated heterocycles. The van der Waals surface area contributed by atoms with Crippen molar-refractivity contribution in [1.82, 2.24) is 0 Å². The van der Waals surface area contributed by atoms with Crippen LogP contribution in [0.25, 0.3) is 0 Å². The molecule has 0 aliphatic carbocycles. The molecule has 0 bridgehead atoms. The summed E-state index contributed by atoms with van der Waals surface area (Å²) in [6, 6.07) is 6.10. The first kappa shape index (κ1) is 13.4. The molecule has 0 aromatic heterocycles. The van der Waals surface area contributed by atoms with Gasteiger partial charge in [-0.25, -0.2) is 0 Å². The first-order valence-corrected chi connectivity index (χ1v) is 6.83. The molecular weight excluding hydrogens is 226 g/mol. The first-order valence-electron chi connectivity index (χ1n) is 6.83. The van der Waals surface area contributed by atoms with Gasteiger partial charge in [-0.3, -0.25) is 0 Å². The topological polar surface area (TPSA) is 44.5 Å². The molecule has 0 radical (unpaired) electrons. The van der Waals surface area contributed by atoms with E-state index in [1.54, 1.807) is 0 Å². The van der Waals surface area contributed by atoms with Crippen molar-refractivity contribution in [3.8, 4) is 5.75 Å². The van der Waals surface area contributed by atoms with Crippen molar-refractivity contribution in [2.24, 2.45) is 5.73 Å². The molecule has 1 aliphatic heterocycles. The highest BCUT2D eigenvalue weighted by atomic mass is 16.5. The molecular formula is C15H23NO2. The lowest BCUT2D eigenvalue weighted by Crippen LogP contribution is -2.32. The van der Waals surface area contributed by atoms with Crippen molar-refractivity contribution in [3.05, 3.63) is 29.3 Å². The van der Waals surface area contributed by atoms with E-state index in [1.807, 2.05) is 13.0 Å². The number of rotatable bonds is 4. The van der Waals surface area contributed by atoms with Crippen LogP contribution in [0.15, 0.2) is 18.2 Å². The summed E-state index contributed by atoms with van der Waals surface area (Å²) in [5.41, 5.74) is 8.65. The zero-order chi connectivity index (χ0) is 13.0. The number of benzene rings is 1. The Morgan fingerprint density at radius 3 is 2.94 bits per heavy atom. The number of hydrogen-bond acceptors (Lipinski definition) is 3.